The molecule has 1 unspecified atom stereocenters. The van der Waals surface area contributed by atoms with Crippen LogP contribution < -0.4 is 5.73 Å². The van der Waals surface area contributed by atoms with Gasteiger partial charge in [0.15, 0.2) is 11.6 Å². The highest BCUT2D eigenvalue weighted by molar-refractivity contribution is 5.80. The fourth-order valence-electron chi connectivity index (χ4n) is 2.58. The largest absolute Gasteiger partial charge is 0.336 e. The lowest BCUT2D eigenvalue weighted by atomic mass is 9.98. The van der Waals surface area contributed by atoms with Crippen LogP contribution in [-0.4, -0.2) is 29.4 Å². The van der Waals surface area contributed by atoms with Crippen LogP contribution in [0, 0.1) is 11.6 Å². The van der Waals surface area contributed by atoms with Crippen molar-refractivity contribution in [2.75, 3.05) is 13.1 Å². The summed E-state index contributed by atoms with van der Waals surface area (Å²) in [5.41, 5.74) is 5.90. The number of carbonyl (C=O) groups is 1. The summed E-state index contributed by atoms with van der Waals surface area (Å²) in [5.74, 6) is -1.91. The number of hydrogen-bond donors (Lipinski definition) is 1. The van der Waals surface area contributed by atoms with E-state index < -0.39 is 11.6 Å². The molecular formula is C14H18F2N2O. The highest BCUT2D eigenvalue weighted by Gasteiger charge is 2.38. The zero-order valence-electron chi connectivity index (χ0n) is 11.0. The van der Waals surface area contributed by atoms with Gasteiger partial charge in [0.2, 0.25) is 5.91 Å². The first-order valence-corrected chi connectivity index (χ1v) is 6.41. The SMILES string of the molecule is CC1(CN)CCCN1C(=O)Cc1ccc(F)c(F)c1. The van der Waals surface area contributed by atoms with E-state index in [9.17, 15) is 13.6 Å². The summed E-state index contributed by atoms with van der Waals surface area (Å²) < 4.78 is 25.9. The zero-order chi connectivity index (χ0) is 14.0. The average molecular weight is 268 g/mol. The minimum atomic E-state index is -0.923. The molecule has 1 saturated heterocycles. The predicted molar refractivity (Wildman–Crippen MR) is 68.5 cm³/mol. The zero-order valence-corrected chi connectivity index (χ0v) is 11.0. The summed E-state index contributed by atoms with van der Waals surface area (Å²) >= 11 is 0. The van der Waals surface area contributed by atoms with Crippen LogP contribution >= 0.6 is 0 Å². The molecule has 1 aromatic rings. The van der Waals surface area contributed by atoms with E-state index in [2.05, 4.69) is 0 Å². The van der Waals surface area contributed by atoms with Gasteiger partial charge in [-0.25, -0.2) is 8.78 Å². The minimum absolute atomic E-state index is 0.0762. The third-order valence-corrected chi connectivity index (χ3v) is 3.83. The number of halogens is 2. The molecule has 0 radical (unpaired) electrons. The molecule has 1 aliphatic heterocycles. The van der Waals surface area contributed by atoms with Crippen LogP contribution in [0.15, 0.2) is 18.2 Å². The number of nitrogens with two attached hydrogens (primary N) is 1. The van der Waals surface area contributed by atoms with E-state index >= 15 is 0 Å². The maximum absolute atomic E-state index is 13.1. The Morgan fingerprint density at radius 3 is 2.79 bits per heavy atom. The first kappa shape index (κ1) is 13.9. The molecule has 0 aromatic heterocycles. The van der Waals surface area contributed by atoms with Crippen LogP contribution in [0.5, 0.6) is 0 Å². The van der Waals surface area contributed by atoms with Gasteiger partial charge in [0.25, 0.3) is 0 Å². The van der Waals surface area contributed by atoms with Gasteiger partial charge in [0.1, 0.15) is 0 Å². The van der Waals surface area contributed by atoms with E-state index in [4.69, 9.17) is 5.73 Å². The number of rotatable bonds is 3. The number of amides is 1. The molecule has 0 bridgehead atoms. The molecule has 1 atom stereocenters. The van der Waals surface area contributed by atoms with Crippen molar-refractivity contribution >= 4 is 5.91 Å². The molecule has 0 saturated carbocycles. The molecular weight excluding hydrogens is 250 g/mol. The maximum Gasteiger partial charge on any atom is 0.227 e. The number of carbonyl (C=O) groups excluding carboxylic acids is 1. The van der Waals surface area contributed by atoms with Gasteiger partial charge in [-0.15, -0.1) is 0 Å². The lowest BCUT2D eigenvalue weighted by Crippen LogP contribution is -2.50. The van der Waals surface area contributed by atoms with Crippen LogP contribution in [0.4, 0.5) is 8.78 Å². The van der Waals surface area contributed by atoms with Crippen molar-refractivity contribution in [3.63, 3.8) is 0 Å². The molecule has 5 heteroatoms. The second-order valence-electron chi connectivity index (χ2n) is 5.28. The summed E-state index contributed by atoms with van der Waals surface area (Å²) in [5, 5.41) is 0. The van der Waals surface area contributed by atoms with Crippen LogP contribution in [0.1, 0.15) is 25.3 Å². The third-order valence-electron chi connectivity index (χ3n) is 3.83. The van der Waals surface area contributed by atoms with E-state index in [0.717, 1.165) is 25.0 Å². The Kier molecular flexibility index (Phi) is 3.85. The Hall–Kier alpha value is -1.49. The van der Waals surface area contributed by atoms with E-state index in [1.165, 1.54) is 6.07 Å². The van der Waals surface area contributed by atoms with Gasteiger partial charge in [0, 0.05) is 13.1 Å². The fourth-order valence-corrected chi connectivity index (χ4v) is 2.58. The maximum atomic E-state index is 13.1. The summed E-state index contributed by atoms with van der Waals surface area (Å²) in [6.07, 6.45) is 1.89. The number of benzene rings is 1. The van der Waals surface area contributed by atoms with Gasteiger partial charge in [0.05, 0.1) is 12.0 Å². The van der Waals surface area contributed by atoms with Crippen molar-refractivity contribution in [1.82, 2.24) is 4.90 Å². The molecule has 0 spiro atoms. The number of nitrogens with zero attached hydrogens (tertiary/aromatic N) is 1. The number of likely N-dealkylation sites (tertiary alicyclic amines) is 1. The van der Waals surface area contributed by atoms with Crippen molar-refractivity contribution in [2.45, 2.75) is 31.7 Å². The van der Waals surface area contributed by atoms with Crippen LogP contribution in [0.25, 0.3) is 0 Å². The molecule has 19 heavy (non-hydrogen) atoms. The van der Waals surface area contributed by atoms with Crippen molar-refractivity contribution in [1.29, 1.82) is 0 Å². The van der Waals surface area contributed by atoms with Crippen molar-refractivity contribution in [3.05, 3.63) is 35.4 Å². The Morgan fingerprint density at radius 2 is 2.16 bits per heavy atom. The van der Waals surface area contributed by atoms with Gasteiger partial charge >= 0.3 is 0 Å². The summed E-state index contributed by atoms with van der Waals surface area (Å²) in [6.45, 7) is 3.05. The van der Waals surface area contributed by atoms with E-state index in [1.54, 1.807) is 4.90 Å². The van der Waals surface area contributed by atoms with E-state index in [1.807, 2.05) is 6.92 Å². The highest BCUT2D eigenvalue weighted by Crippen LogP contribution is 2.28. The molecule has 1 amide bonds. The molecule has 2 N–H and O–H groups in total. The predicted octanol–water partition coefficient (Wildman–Crippen LogP) is 1.85. The summed E-state index contributed by atoms with van der Waals surface area (Å²) in [7, 11) is 0. The van der Waals surface area contributed by atoms with Crippen molar-refractivity contribution < 1.29 is 13.6 Å². The van der Waals surface area contributed by atoms with Crippen LogP contribution in [-0.2, 0) is 11.2 Å². The van der Waals surface area contributed by atoms with Gasteiger partial charge < -0.3 is 10.6 Å². The lowest BCUT2D eigenvalue weighted by Gasteiger charge is -2.34. The van der Waals surface area contributed by atoms with Crippen LogP contribution in [0.3, 0.4) is 0 Å². The molecule has 1 aromatic carbocycles. The van der Waals surface area contributed by atoms with Gasteiger partial charge in [-0.3, -0.25) is 4.79 Å². The molecule has 104 valence electrons. The Morgan fingerprint density at radius 1 is 1.42 bits per heavy atom. The second-order valence-corrected chi connectivity index (χ2v) is 5.28. The normalized spacial score (nSPS) is 22.8. The second kappa shape index (κ2) is 5.25. The van der Waals surface area contributed by atoms with Gasteiger partial charge in [-0.05, 0) is 37.5 Å². The summed E-state index contributed by atoms with van der Waals surface area (Å²) in [4.78, 5) is 14.0. The molecule has 1 aliphatic rings. The third kappa shape index (κ3) is 2.76. The average Bonchev–Trinajstić information content (AvgIpc) is 2.77. The summed E-state index contributed by atoms with van der Waals surface area (Å²) in [6, 6.07) is 3.55. The first-order chi connectivity index (χ1) is 8.96. The molecule has 0 aliphatic carbocycles. The highest BCUT2D eigenvalue weighted by atomic mass is 19.2. The molecule has 1 heterocycles. The molecule has 3 nitrogen and oxygen atoms in total. The monoisotopic (exact) mass is 268 g/mol. The quantitative estimate of drug-likeness (QED) is 0.909. The smallest absolute Gasteiger partial charge is 0.227 e. The first-order valence-electron chi connectivity index (χ1n) is 6.41. The topological polar surface area (TPSA) is 46.3 Å². The Balaban J connectivity index is 2.10. The van der Waals surface area contributed by atoms with E-state index in [-0.39, 0.29) is 17.9 Å². The standard InChI is InChI=1S/C14H18F2N2O/c1-14(9-17)5-2-6-18(14)13(19)8-10-3-4-11(15)12(16)7-10/h3-4,7H,2,5-6,8-9,17H2,1H3. The Labute approximate surface area is 111 Å². The fraction of sp³-hybridized carbons (Fsp3) is 0.500. The molecule has 2 rings (SSSR count). The lowest BCUT2D eigenvalue weighted by molar-refractivity contribution is -0.133. The van der Waals surface area contributed by atoms with Gasteiger partial charge in [-0.1, -0.05) is 6.07 Å². The molecule has 1 fully saturated rings. The number of hydrogen-bond acceptors (Lipinski definition) is 2. The van der Waals surface area contributed by atoms with Crippen molar-refractivity contribution in [2.24, 2.45) is 5.73 Å². The Bertz CT molecular complexity index is 492. The van der Waals surface area contributed by atoms with Gasteiger partial charge in [-0.2, -0.15) is 0 Å². The minimum Gasteiger partial charge on any atom is -0.336 e. The van der Waals surface area contributed by atoms with E-state index in [0.29, 0.717) is 18.7 Å². The van der Waals surface area contributed by atoms with Crippen LogP contribution in [0.2, 0.25) is 0 Å². The van der Waals surface area contributed by atoms with Crippen molar-refractivity contribution in [3.8, 4) is 0 Å².